The Bertz CT molecular complexity index is 896. The van der Waals surface area contributed by atoms with E-state index in [2.05, 4.69) is 43.4 Å². The van der Waals surface area contributed by atoms with Crippen molar-refractivity contribution in [1.29, 1.82) is 0 Å². The predicted octanol–water partition coefficient (Wildman–Crippen LogP) is 3.23. The first-order valence-electron chi connectivity index (χ1n) is 13.7. The van der Waals surface area contributed by atoms with Crippen molar-refractivity contribution >= 4 is 17.5 Å². The molecule has 200 valence electrons. The van der Waals surface area contributed by atoms with Crippen LogP contribution in [-0.2, 0) is 9.53 Å². The lowest BCUT2D eigenvalue weighted by molar-refractivity contribution is -0.120. The second kappa shape index (κ2) is 12.4. The number of rotatable bonds is 7. The van der Waals surface area contributed by atoms with Crippen LogP contribution in [0, 0.1) is 17.8 Å². The number of amides is 2. The lowest BCUT2D eigenvalue weighted by Crippen LogP contribution is -2.49. The Hall–Kier alpha value is -2.16. The molecule has 2 saturated heterocycles. The number of nitrogens with one attached hydrogen (secondary N) is 2. The molecule has 1 aromatic rings. The summed E-state index contributed by atoms with van der Waals surface area (Å²) in [5.74, 6) is 1.21. The zero-order valence-corrected chi connectivity index (χ0v) is 22.4. The van der Waals surface area contributed by atoms with Crippen molar-refractivity contribution in [2.45, 2.75) is 58.6 Å². The van der Waals surface area contributed by atoms with E-state index in [0.717, 1.165) is 65.1 Å². The van der Waals surface area contributed by atoms with Crippen LogP contribution in [0.3, 0.4) is 0 Å². The van der Waals surface area contributed by atoms with Crippen molar-refractivity contribution in [2.24, 2.45) is 17.8 Å². The van der Waals surface area contributed by atoms with Crippen LogP contribution in [0.25, 0.3) is 0 Å². The maximum Gasteiger partial charge on any atom is 0.257 e. The molecule has 3 heterocycles. The lowest BCUT2D eigenvalue weighted by Gasteiger charge is -2.38. The minimum Gasteiger partial charge on any atom is -0.486 e. The Labute approximate surface area is 216 Å². The number of para-hydroxylation sites is 1. The van der Waals surface area contributed by atoms with Crippen LogP contribution < -0.4 is 15.4 Å². The number of hydrogen-bond donors (Lipinski definition) is 2. The Morgan fingerprint density at radius 2 is 1.89 bits per heavy atom. The van der Waals surface area contributed by atoms with Crippen molar-refractivity contribution in [2.75, 3.05) is 58.3 Å². The molecule has 0 unspecified atom stereocenters. The minimum absolute atomic E-state index is 0.00459. The maximum absolute atomic E-state index is 13.6. The van der Waals surface area contributed by atoms with Crippen LogP contribution in [0.5, 0.6) is 5.75 Å². The summed E-state index contributed by atoms with van der Waals surface area (Å²) < 4.78 is 12.2. The summed E-state index contributed by atoms with van der Waals surface area (Å²) in [6.07, 6.45) is 3.71. The third-order valence-corrected chi connectivity index (χ3v) is 7.89. The highest BCUT2D eigenvalue weighted by atomic mass is 16.5. The van der Waals surface area contributed by atoms with Crippen molar-refractivity contribution in [3.63, 3.8) is 0 Å². The van der Waals surface area contributed by atoms with Gasteiger partial charge in [-0.3, -0.25) is 9.59 Å². The first kappa shape index (κ1) is 26.9. The van der Waals surface area contributed by atoms with Crippen molar-refractivity contribution in [3.8, 4) is 5.75 Å². The average Bonchev–Trinajstić information content (AvgIpc) is 2.87. The molecule has 36 heavy (non-hydrogen) atoms. The van der Waals surface area contributed by atoms with Gasteiger partial charge in [0.15, 0.2) is 5.75 Å². The minimum atomic E-state index is -0.111. The van der Waals surface area contributed by atoms with E-state index in [1.54, 1.807) is 0 Å². The molecule has 0 radical (unpaired) electrons. The Morgan fingerprint density at radius 1 is 1.17 bits per heavy atom. The number of fused-ring (bicyclic) bond motifs is 1. The van der Waals surface area contributed by atoms with E-state index < -0.39 is 0 Å². The van der Waals surface area contributed by atoms with Gasteiger partial charge in [-0.2, -0.15) is 0 Å². The van der Waals surface area contributed by atoms with E-state index in [-0.39, 0.29) is 35.8 Å². The van der Waals surface area contributed by atoms with Gasteiger partial charge >= 0.3 is 0 Å². The highest BCUT2D eigenvalue weighted by molar-refractivity contribution is 6.02. The van der Waals surface area contributed by atoms with E-state index in [9.17, 15) is 9.59 Å². The fraction of sp³-hybridized carbons (Fsp3) is 0.714. The quantitative estimate of drug-likeness (QED) is 0.598. The molecule has 3 aliphatic heterocycles. The number of anilines is 1. The largest absolute Gasteiger partial charge is 0.486 e. The van der Waals surface area contributed by atoms with Gasteiger partial charge in [0.2, 0.25) is 5.91 Å². The molecule has 0 bridgehead atoms. The molecule has 8 heteroatoms. The summed E-state index contributed by atoms with van der Waals surface area (Å²) in [7, 11) is 2.15. The number of ether oxygens (including phenoxy) is 2. The third-order valence-electron chi connectivity index (χ3n) is 7.89. The van der Waals surface area contributed by atoms with Crippen LogP contribution in [0.2, 0.25) is 0 Å². The molecule has 0 aromatic heterocycles. The van der Waals surface area contributed by atoms with E-state index in [1.165, 1.54) is 0 Å². The Balaban J connectivity index is 1.58. The van der Waals surface area contributed by atoms with E-state index in [4.69, 9.17) is 9.47 Å². The average molecular weight is 501 g/mol. The molecule has 0 aliphatic carbocycles. The van der Waals surface area contributed by atoms with Gasteiger partial charge in [-0.1, -0.05) is 13.0 Å². The number of carbonyl (C=O) groups is 2. The van der Waals surface area contributed by atoms with Gasteiger partial charge in [-0.05, 0) is 77.7 Å². The van der Waals surface area contributed by atoms with Gasteiger partial charge < -0.3 is 29.9 Å². The van der Waals surface area contributed by atoms with Gasteiger partial charge in [0.1, 0.15) is 6.10 Å². The maximum atomic E-state index is 13.6. The van der Waals surface area contributed by atoms with Crippen LogP contribution in [0.15, 0.2) is 18.2 Å². The first-order chi connectivity index (χ1) is 17.3. The summed E-state index contributed by atoms with van der Waals surface area (Å²) in [5, 5.41) is 6.43. The zero-order chi connectivity index (χ0) is 25.7. The number of likely N-dealkylation sites (N-methyl/N-ethyl adjacent to an activating group) is 1. The molecule has 2 fully saturated rings. The molecule has 8 nitrogen and oxygen atoms in total. The molecular formula is C28H44N4O4. The van der Waals surface area contributed by atoms with E-state index in [1.807, 2.05) is 23.1 Å². The molecule has 3 aliphatic rings. The summed E-state index contributed by atoms with van der Waals surface area (Å²) in [6, 6.07) is 5.60. The lowest BCUT2D eigenvalue weighted by atomic mass is 9.96. The highest BCUT2D eigenvalue weighted by Crippen LogP contribution is 2.35. The van der Waals surface area contributed by atoms with Crippen molar-refractivity contribution < 1.29 is 19.1 Å². The second-order valence-electron chi connectivity index (χ2n) is 11.2. The molecule has 0 saturated carbocycles. The van der Waals surface area contributed by atoms with Crippen molar-refractivity contribution in [1.82, 2.24) is 15.1 Å². The molecule has 2 N–H and O–H groups in total. The van der Waals surface area contributed by atoms with E-state index in [0.29, 0.717) is 29.5 Å². The molecule has 1 aromatic carbocycles. The van der Waals surface area contributed by atoms with Gasteiger partial charge in [0.05, 0.1) is 11.3 Å². The van der Waals surface area contributed by atoms with Gasteiger partial charge in [0.25, 0.3) is 5.91 Å². The van der Waals surface area contributed by atoms with Crippen LogP contribution in [0.1, 0.15) is 56.8 Å². The molecule has 0 spiro atoms. The molecule has 2 amide bonds. The summed E-state index contributed by atoms with van der Waals surface area (Å²) >= 11 is 0. The zero-order valence-electron chi connectivity index (χ0n) is 22.4. The Kier molecular flexibility index (Phi) is 9.25. The first-order valence-corrected chi connectivity index (χ1v) is 13.7. The molecule has 2 atom stereocenters. The van der Waals surface area contributed by atoms with Gasteiger partial charge in [-0.25, -0.2) is 0 Å². The Morgan fingerprint density at radius 3 is 2.58 bits per heavy atom. The summed E-state index contributed by atoms with van der Waals surface area (Å²) in [5.41, 5.74) is 1.12. The SMILES string of the molecule is CC(C)N1C[C@H](C)[C@@H](CN(C)CC2CCOCC2)Oc2c(NC(=O)C3CCNCC3)cccc2C1=O. The standard InChI is InChI=1S/C28H44N4O4/c1-19(2)32-16-20(3)25(18-31(4)17-21-10-14-35-15-11-21)36-26-23(28(32)34)6-5-7-24(26)30-27(33)22-8-12-29-13-9-22/h5-7,19-22,25,29H,8-18H2,1-4H3,(H,30,33)/t20-,25+/m0/s1. The molecular weight excluding hydrogens is 456 g/mol. The highest BCUT2D eigenvalue weighted by Gasteiger charge is 2.34. The topological polar surface area (TPSA) is 83.1 Å². The second-order valence-corrected chi connectivity index (χ2v) is 11.2. The number of benzene rings is 1. The van der Waals surface area contributed by atoms with Crippen molar-refractivity contribution in [3.05, 3.63) is 23.8 Å². The predicted molar refractivity (Wildman–Crippen MR) is 141 cm³/mol. The van der Waals surface area contributed by atoms with Gasteiger partial charge in [0, 0.05) is 50.7 Å². The summed E-state index contributed by atoms with van der Waals surface area (Å²) in [6.45, 7) is 12.1. The fourth-order valence-electron chi connectivity index (χ4n) is 5.60. The van der Waals surface area contributed by atoms with Crippen LogP contribution >= 0.6 is 0 Å². The van der Waals surface area contributed by atoms with Gasteiger partial charge in [-0.15, -0.1) is 0 Å². The monoisotopic (exact) mass is 500 g/mol. The van der Waals surface area contributed by atoms with Crippen LogP contribution in [0.4, 0.5) is 5.69 Å². The normalized spacial score (nSPS) is 24.3. The number of piperidine rings is 1. The van der Waals surface area contributed by atoms with E-state index >= 15 is 0 Å². The molecule has 4 rings (SSSR count). The number of nitrogens with zero attached hydrogens (tertiary/aromatic N) is 2. The fourth-order valence-corrected chi connectivity index (χ4v) is 5.60. The number of carbonyl (C=O) groups excluding carboxylic acids is 2. The number of hydrogen-bond acceptors (Lipinski definition) is 6. The smallest absolute Gasteiger partial charge is 0.257 e. The third kappa shape index (κ3) is 6.58. The summed E-state index contributed by atoms with van der Waals surface area (Å²) in [4.78, 5) is 31.0. The van der Waals surface area contributed by atoms with Crippen LogP contribution in [-0.4, -0.2) is 86.7 Å².